The molecule has 2 heterocycles. The zero-order valence-corrected chi connectivity index (χ0v) is 8.17. The van der Waals surface area contributed by atoms with E-state index in [1.165, 1.54) is 0 Å². The van der Waals surface area contributed by atoms with Crippen LogP contribution in [0.5, 0.6) is 0 Å². The van der Waals surface area contributed by atoms with Crippen molar-refractivity contribution in [2.75, 3.05) is 0 Å². The number of halogens is 1. The maximum Gasteiger partial charge on any atom is 0.106 e. The van der Waals surface area contributed by atoms with E-state index in [0.29, 0.717) is 0 Å². The summed E-state index contributed by atoms with van der Waals surface area (Å²) in [5, 5.41) is 0. The first-order chi connectivity index (χ1) is 5.75. The largest absolute Gasteiger partial charge is 0.254 e. The van der Waals surface area contributed by atoms with Crippen molar-refractivity contribution >= 4 is 27.0 Å². The van der Waals surface area contributed by atoms with Crippen LogP contribution in [0.1, 0.15) is 5.56 Å². The van der Waals surface area contributed by atoms with Gasteiger partial charge in [0, 0.05) is 6.20 Å². The van der Waals surface area contributed by atoms with Gasteiger partial charge in [-0.3, -0.25) is 4.98 Å². The van der Waals surface area contributed by atoms with Gasteiger partial charge in [-0.1, -0.05) is 0 Å². The van der Waals surface area contributed by atoms with Crippen molar-refractivity contribution < 1.29 is 0 Å². The minimum atomic E-state index is 0.849. The lowest BCUT2D eigenvalue weighted by molar-refractivity contribution is 1.27. The first-order valence-electron chi connectivity index (χ1n) is 3.64. The molecule has 3 heteroatoms. The van der Waals surface area contributed by atoms with Gasteiger partial charge in [0.2, 0.25) is 0 Å². The Morgan fingerprint density at radius 3 is 2.92 bits per heavy atom. The topological polar surface area (TPSA) is 25.8 Å². The van der Waals surface area contributed by atoms with E-state index in [1.807, 2.05) is 31.3 Å². The number of aromatic nitrogens is 2. The Balaban J connectivity index is 2.80. The summed E-state index contributed by atoms with van der Waals surface area (Å²) in [6.45, 7) is 2.01. The molecular formula is C9H7BrN2. The van der Waals surface area contributed by atoms with Crippen molar-refractivity contribution in [2.45, 2.75) is 6.92 Å². The highest BCUT2D eigenvalue weighted by atomic mass is 79.9. The SMILES string of the molecule is Cc1cnc2ccc(Br)nc2c1. The van der Waals surface area contributed by atoms with Crippen LogP contribution in [0.3, 0.4) is 0 Å². The lowest BCUT2D eigenvalue weighted by atomic mass is 10.2. The Morgan fingerprint density at radius 2 is 2.08 bits per heavy atom. The molecule has 0 aliphatic heterocycles. The maximum atomic E-state index is 4.29. The highest BCUT2D eigenvalue weighted by Crippen LogP contribution is 2.14. The molecule has 0 N–H and O–H groups in total. The molecule has 0 aliphatic rings. The van der Waals surface area contributed by atoms with E-state index in [1.54, 1.807) is 0 Å². The number of hydrogen-bond acceptors (Lipinski definition) is 2. The molecule has 2 rings (SSSR count). The van der Waals surface area contributed by atoms with Gasteiger partial charge in [-0.25, -0.2) is 4.98 Å². The molecule has 0 atom stereocenters. The summed E-state index contributed by atoms with van der Waals surface area (Å²) in [6.07, 6.45) is 1.85. The van der Waals surface area contributed by atoms with Crippen LogP contribution in [-0.4, -0.2) is 9.97 Å². The molecule has 0 unspecified atom stereocenters. The van der Waals surface area contributed by atoms with Gasteiger partial charge in [-0.15, -0.1) is 0 Å². The van der Waals surface area contributed by atoms with Crippen LogP contribution >= 0.6 is 15.9 Å². The third-order valence-corrected chi connectivity index (χ3v) is 2.08. The van der Waals surface area contributed by atoms with Crippen molar-refractivity contribution in [3.63, 3.8) is 0 Å². The molecule has 0 radical (unpaired) electrons. The third kappa shape index (κ3) is 1.32. The smallest absolute Gasteiger partial charge is 0.106 e. The second-order valence-electron chi connectivity index (χ2n) is 2.68. The van der Waals surface area contributed by atoms with E-state index in [4.69, 9.17) is 0 Å². The molecule has 2 aromatic heterocycles. The molecule has 0 amide bonds. The Morgan fingerprint density at radius 1 is 1.25 bits per heavy atom. The van der Waals surface area contributed by atoms with E-state index in [9.17, 15) is 0 Å². The summed E-state index contributed by atoms with van der Waals surface area (Å²) in [7, 11) is 0. The van der Waals surface area contributed by atoms with Gasteiger partial charge in [0.05, 0.1) is 11.0 Å². The number of pyridine rings is 2. The van der Waals surface area contributed by atoms with Crippen molar-refractivity contribution in [2.24, 2.45) is 0 Å². The maximum absolute atomic E-state index is 4.29. The summed E-state index contributed by atoms with van der Waals surface area (Å²) >= 11 is 3.32. The second-order valence-corrected chi connectivity index (χ2v) is 3.50. The lowest BCUT2D eigenvalue weighted by Crippen LogP contribution is -1.84. The van der Waals surface area contributed by atoms with Crippen LogP contribution < -0.4 is 0 Å². The molecule has 0 bridgehead atoms. The van der Waals surface area contributed by atoms with Crippen molar-refractivity contribution in [1.29, 1.82) is 0 Å². The minimum absolute atomic E-state index is 0.849. The summed E-state index contributed by atoms with van der Waals surface area (Å²) in [6, 6.07) is 5.86. The fourth-order valence-electron chi connectivity index (χ4n) is 1.08. The molecule has 12 heavy (non-hydrogen) atoms. The Labute approximate surface area is 78.8 Å². The van der Waals surface area contributed by atoms with E-state index in [2.05, 4.69) is 25.9 Å². The number of hydrogen-bond donors (Lipinski definition) is 0. The van der Waals surface area contributed by atoms with Gasteiger partial charge in [0.1, 0.15) is 4.60 Å². The molecule has 2 nitrogen and oxygen atoms in total. The Kier molecular flexibility index (Phi) is 1.81. The number of aryl methyl sites for hydroxylation is 1. The molecule has 0 fully saturated rings. The van der Waals surface area contributed by atoms with Gasteiger partial charge >= 0.3 is 0 Å². The van der Waals surface area contributed by atoms with Gasteiger partial charge in [-0.05, 0) is 46.6 Å². The molecule has 0 spiro atoms. The summed E-state index contributed by atoms with van der Waals surface area (Å²) in [5.41, 5.74) is 3.00. The van der Waals surface area contributed by atoms with Crippen molar-refractivity contribution in [3.05, 3.63) is 34.6 Å². The van der Waals surface area contributed by atoms with Crippen LogP contribution in [0.4, 0.5) is 0 Å². The van der Waals surface area contributed by atoms with Crippen LogP contribution in [0, 0.1) is 6.92 Å². The van der Waals surface area contributed by atoms with E-state index >= 15 is 0 Å². The van der Waals surface area contributed by atoms with Crippen molar-refractivity contribution in [1.82, 2.24) is 9.97 Å². The van der Waals surface area contributed by atoms with E-state index in [0.717, 1.165) is 21.2 Å². The third-order valence-electron chi connectivity index (χ3n) is 1.64. The molecule has 0 saturated carbocycles. The average molecular weight is 223 g/mol. The fraction of sp³-hybridized carbons (Fsp3) is 0.111. The zero-order chi connectivity index (χ0) is 8.55. The molecule has 0 saturated heterocycles. The van der Waals surface area contributed by atoms with Crippen LogP contribution in [0.15, 0.2) is 29.0 Å². The normalized spacial score (nSPS) is 10.5. The standard InChI is InChI=1S/C9H7BrN2/c1-6-4-8-7(11-5-6)2-3-9(10)12-8/h2-5H,1H3. The summed E-state index contributed by atoms with van der Waals surface area (Å²) in [4.78, 5) is 8.53. The van der Waals surface area contributed by atoms with Crippen LogP contribution in [0.25, 0.3) is 11.0 Å². The van der Waals surface area contributed by atoms with E-state index in [-0.39, 0.29) is 0 Å². The Bertz CT molecular complexity index is 389. The first-order valence-corrected chi connectivity index (χ1v) is 4.44. The molecule has 0 aliphatic carbocycles. The minimum Gasteiger partial charge on any atom is -0.254 e. The van der Waals surface area contributed by atoms with Gasteiger partial charge in [0.25, 0.3) is 0 Å². The average Bonchev–Trinajstić information content (AvgIpc) is 2.03. The van der Waals surface area contributed by atoms with Crippen LogP contribution in [-0.2, 0) is 0 Å². The highest BCUT2D eigenvalue weighted by Gasteiger charge is 1.96. The number of rotatable bonds is 0. The fourth-order valence-corrected chi connectivity index (χ4v) is 1.41. The Hall–Kier alpha value is -0.960. The lowest BCUT2D eigenvalue weighted by Gasteiger charge is -1.97. The predicted octanol–water partition coefficient (Wildman–Crippen LogP) is 2.70. The zero-order valence-electron chi connectivity index (χ0n) is 6.58. The number of nitrogens with zero attached hydrogens (tertiary/aromatic N) is 2. The molecule has 2 aromatic rings. The molecule has 60 valence electrons. The number of fused-ring (bicyclic) bond motifs is 1. The molecule has 0 aromatic carbocycles. The molecular weight excluding hydrogens is 216 g/mol. The summed E-state index contributed by atoms with van der Waals surface area (Å²) < 4.78 is 0.849. The van der Waals surface area contributed by atoms with Crippen LogP contribution in [0.2, 0.25) is 0 Å². The van der Waals surface area contributed by atoms with Gasteiger partial charge in [0.15, 0.2) is 0 Å². The summed E-state index contributed by atoms with van der Waals surface area (Å²) in [5.74, 6) is 0. The highest BCUT2D eigenvalue weighted by molar-refractivity contribution is 9.10. The predicted molar refractivity (Wildman–Crippen MR) is 52.0 cm³/mol. The second kappa shape index (κ2) is 2.83. The van der Waals surface area contributed by atoms with Crippen molar-refractivity contribution in [3.8, 4) is 0 Å². The quantitative estimate of drug-likeness (QED) is 0.641. The van der Waals surface area contributed by atoms with E-state index < -0.39 is 0 Å². The van der Waals surface area contributed by atoms with Gasteiger partial charge in [-0.2, -0.15) is 0 Å². The first kappa shape index (κ1) is 7.68. The van der Waals surface area contributed by atoms with Gasteiger partial charge < -0.3 is 0 Å². The monoisotopic (exact) mass is 222 g/mol.